The lowest BCUT2D eigenvalue weighted by Crippen LogP contribution is -2.55. The summed E-state index contributed by atoms with van der Waals surface area (Å²) in [7, 11) is 0.655. The van der Waals surface area contributed by atoms with Crippen LogP contribution in [-0.2, 0) is 20.2 Å². The Morgan fingerprint density at radius 1 is 1.05 bits per heavy atom. The molecule has 0 spiro atoms. The fourth-order valence-electron chi connectivity index (χ4n) is 4.94. The molecule has 2 fully saturated rings. The van der Waals surface area contributed by atoms with E-state index in [2.05, 4.69) is 4.90 Å². The van der Waals surface area contributed by atoms with Crippen molar-refractivity contribution in [3.63, 3.8) is 0 Å². The molecule has 0 N–H and O–H groups in total. The summed E-state index contributed by atoms with van der Waals surface area (Å²) in [5.41, 5.74) is -0.314. The summed E-state index contributed by atoms with van der Waals surface area (Å²) >= 11 is 6.09. The van der Waals surface area contributed by atoms with Gasteiger partial charge in [-0.1, -0.05) is 24.6 Å². The summed E-state index contributed by atoms with van der Waals surface area (Å²) in [6, 6.07) is 7.98. The van der Waals surface area contributed by atoms with E-state index in [4.69, 9.17) is 25.6 Å². The predicted octanol–water partition coefficient (Wildman–Crippen LogP) is 5.19. The minimum absolute atomic E-state index is 0.0139. The van der Waals surface area contributed by atoms with Crippen molar-refractivity contribution >= 4 is 41.7 Å². The quantitative estimate of drug-likeness (QED) is 0.358. The van der Waals surface area contributed by atoms with Gasteiger partial charge in [0.05, 0.1) is 45.7 Å². The number of anilines is 1. The highest BCUT2D eigenvalue weighted by molar-refractivity contribution is 6.62. The first-order valence-corrected chi connectivity index (χ1v) is 13.5. The van der Waals surface area contributed by atoms with E-state index in [1.54, 1.807) is 11.0 Å². The number of methoxy groups -OCH3 is 1. The van der Waals surface area contributed by atoms with Gasteiger partial charge in [-0.15, -0.1) is 0 Å². The Morgan fingerprint density at radius 2 is 1.70 bits per heavy atom. The van der Waals surface area contributed by atoms with Crippen molar-refractivity contribution in [1.82, 2.24) is 4.90 Å². The van der Waals surface area contributed by atoms with E-state index >= 15 is 0 Å². The molecule has 7 nitrogen and oxygen atoms in total. The Hall–Kier alpha value is -2.76. The molecule has 0 radical (unpaired) electrons. The van der Waals surface area contributed by atoms with Crippen LogP contribution in [0.2, 0.25) is 5.02 Å². The number of carbonyl (C=O) groups is 2. The fraction of sp³-hybridized carbons (Fsp3) is 0.500. The van der Waals surface area contributed by atoms with Crippen LogP contribution in [0.1, 0.15) is 67.3 Å². The number of nitrogens with zero attached hydrogens (tertiary/aromatic N) is 2. The topological polar surface area (TPSA) is 68.3 Å². The molecule has 0 unspecified atom stereocenters. The van der Waals surface area contributed by atoms with Crippen LogP contribution in [0.5, 0.6) is 0 Å². The summed E-state index contributed by atoms with van der Waals surface area (Å²) in [5.74, 6) is -0.959. The third-order valence-electron chi connectivity index (χ3n) is 8.03. The Balaban J connectivity index is 1.58. The van der Waals surface area contributed by atoms with Gasteiger partial charge in [-0.2, -0.15) is 13.2 Å². The van der Waals surface area contributed by atoms with Crippen LogP contribution >= 0.6 is 11.6 Å². The summed E-state index contributed by atoms with van der Waals surface area (Å²) < 4.78 is 56.5. The number of hydrogen-bond acceptors (Lipinski definition) is 6. The SMILES string of the molecule is CC[C@@H]1CN(C(=O)c2ccc(C(F)(F)F)cc2Cl)CCN1c1ccc(B2OC(C)(C)C(C)(C)O2)cc1C(=O)OC. The molecule has 2 aliphatic heterocycles. The van der Waals surface area contributed by atoms with Crippen LogP contribution in [0, 0.1) is 0 Å². The van der Waals surface area contributed by atoms with Crippen molar-refractivity contribution in [2.24, 2.45) is 0 Å². The van der Waals surface area contributed by atoms with Crippen LogP contribution in [-0.4, -0.2) is 67.9 Å². The van der Waals surface area contributed by atoms with Crippen LogP contribution in [0.25, 0.3) is 0 Å². The number of halogens is 4. The summed E-state index contributed by atoms with van der Waals surface area (Å²) in [4.78, 5) is 29.8. The Kier molecular flexibility index (Phi) is 8.24. The number of ether oxygens (including phenoxy) is 1. The number of amides is 1. The number of carbonyl (C=O) groups excluding carboxylic acids is 2. The lowest BCUT2D eigenvalue weighted by atomic mass is 9.78. The van der Waals surface area contributed by atoms with Gasteiger partial charge in [-0.3, -0.25) is 4.79 Å². The van der Waals surface area contributed by atoms with E-state index in [1.165, 1.54) is 7.11 Å². The summed E-state index contributed by atoms with van der Waals surface area (Å²) in [6.45, 7) is 10.7. The Morgan fingerprint density at radius 3 is 2.25 bits per heavy atom. The highest BCUT2D eigenvalue weighted by Gasteiger charge is 2.52. The first kappa shape index (κ1) is 30.2. The summed E-state index contributed by atoms with van der Waals surface area (Å²) in [5, 5.41) is -0.249. The van der Waals surface area contributed by atoms with Gasteiger partial charge in [0.15, 0.2) is 0 Å². The first-order chi connectivity index (χ1) is 18.6. The molecule has 2 aliphatic rings. The number of benzene rings is 2. The van der Waals surface area contributed by atoms with Crippen molar-refractivity contribution in [1.29, 1.82) is 0 Å². The molecule has 2 aromatic rings. The zero-order valence-corrected chi connectivity index (χ0v) is 24.2. The fourth-order valence-corrected chi connectivity index (χ4v) is 5.21. The van der Waals surface area contributed by atoms with Gasteiger partial charge in [0.2, 0.25) is 0 Å². The molecule has 12 heteroatoms. The standard InChI is InChI=1S/C28H33BClF3N2O5/c1-7-19-16-34(24(36)20-10-8-17(14-22(20)30)28(31,32)33)12-13-35(19)23-11-9-18(15-21(23)25(37)38-6)29-39-26(2,3)27(4,5)40-29/h8-11,14-15,19H,7,12-13,16H2,1-6H3/t19-/m1/s1. The second-order valence-electron chi connectivity index (χ2n) is 11.1. The number of esters is 1. The minimum Gasteiger partial charge on any atom is -0.465 e. The molecule has 0 bridgehead atoms. The van der Waals surface area contributed by atoms with Crippen LogP contribution in [0.3, 0.4) is 0 Å². The second kappa shape index (κ2) is 10.9. The van der Waals surface area contributed by atoms with E-state index in [9.17, 15) is 22.8 Å². The van der Waals surface area contributed by atoms with Crippen molar-refractivity contribution < 1.29 is 36.8 Å². The van der Waals surface area contributed by atoms with Gasteiger partial charge < -0.3 is 23.8 Å². The number of hydrogen-bond donors (Lipinski definition) is 0. The van der Waals surface area contributed by atoms with E-state index in [-0.39, 0.29) is 23.2 Å². The van der Waals surface area contributed by atoms with Crippen LogP contribution in [0.15, 0.2) is 36.4 Å². The zero-order valence-electron chi connectivity index (χ0n) is 23.4. The predicted molar refractivity (Wildman–Crippen MR) is 147 cm³/mol. The Labute approximate surface area is 237 Å². The molecule has 216 valence electrons. The average molecular weight is 581 g/mol. The molecule has 2 heterocycles. The largest absolute Gasteiger partial charge is 0.494 e. The van der Waals surface area contributed by atoms with E-state index in [1.807, 2.05) is 46.8 Å². The first-order valence-electron chi connectivity index (χ1n) is 13.1. The summed E-state index contributed by atoms with van der Waals surface area (Å²) in [6.07, 6.45) is -3.91. The van der Waals surface area contributed by atoms with Gasteiger partial charge in [0.1, 0.15) is 0 Å². The third-order valence-corrected chi connectivity index (χ3v) is 8.34. The monoisotopic (exact) mass is 580 g/mol. The molecule has 40 heavy (non-hydrogen) atoms. The number of rotatable bonds is 5. The van der Waals surface area contributed by atoms with Crippen molar-refractivity contribution in [2.75, 3.05) is 31.6 Å². The zero-order chi connectivity index (χ0) is 29.6. The lowest BCUT2D eigenvalue weighted by molar-refractivity contribution is -0.137. The number of alkyl halides is 3. The van der Waals surface area contributed by atoms with Crippen LogP contribution in [0.4, 0.5) is 18.9 Å². The average Bonchev–Trinajstić information content (AvgIpc) is 3.12. The maximum atomic E-state index is 13.2. The van der Waals surface area contributed by atoms with E-state index < -0.39 is 41.9 Å². The molecule has 0 aromatic heterocycles. The normalized spacial score (nSPS) is 20.6. The molecular weight excluding hydrogens is 548 g/mol. The Bertz CT molecular complexity index is 1290. The lowest BCUT2D eigenvalue weighted by Gasteiger charge is -2.43. The molecule has 2 saturated heterocycles. The molecule has 0 aliphatic carbocycles. The second-order valence-corrected chi connectivity index (χ2v) is 11.5. The van der Waals surface area contributed by atoms with Crippen molar-refractivity contribution in [2.45, 2.75) is 64.5 Å². The van der Waals surface area contributed by atoms with Crippen molar-refractivity contribution in [3.05, 3.63) is 58.1 Å². The van der Waals surface area contributed by atoms with Gasteiger partial charge in [0.25, 0.3) is 5.91 Å². The van der Waals surface area contributed by atoms with Crippen LogP contribution < -0.4 is 10.4 Å². The van der Waals surface area contributed by atoms with Gasteiger partial charge in [0, 0.05) is 25.7 Å². The van der Waals surface area contributed by atoms with Gasteiger partial charge in [-0.05, 0) is 69.9 Å². The highest BCUT2D eigenvalue weighted by atomic mass is 35.5. The molecule has 1 amide bonds. The maximum absolute atomic E-state index is 13.2. The number of piperazine rings is 1. The smallest absolute Gasteiger partial charge is 0.465 e. The molecular formula is C28H33BClF3N2O5. The highest BCUT2D eigenvalue weighted by Crippen LogP contribution is 2.37. The van der Waals surface area contributed by atoms with Crippen molar-refractivity contribution in [3.8, 4) is 0 Å². The van der Waals surface area contributed by atoms with E-state index in [0.29, 0.717) is 36.2 Å². The molecule has 2 aromatic carbocycles. The third kappa shape index (κ3) is 5.69. The van der Waals surface area contributed by atoms with Gasteiger partial charge >= 0.3 is 19.3 Å². The molecule has 1 atom stereocenters. The van der Waals surface area contributed by atoms with E-state index in [0.717, 1.165) is 18.2 Å². The van der Waals surface area contributed by atoms with Gasteiger partial charge in [-0.25, -0.2) is 4.79 Å². The minimum atomic E-state index is -4.56. The maximum Gasteiger partial charge on any atom is 0.494 e. The molecule has 0 saturated carbocycles. The molecule has 4 rings (SSSR count).